The zero-order valence-corrected chi connectivity index (χ0v) is 19.5. The maximum absolute atomic E-state index is 4.92. The van der Waals surface area contributed by atoms with Gasteiger partial charge in [0.2, 0.25) is 0 Å². The van der Waals surface area contributed by atoms with E-state index in [4.69, 9.17) is 9.97 Å². The van der Waals surface area contributed by atoms with Crippen LogP contribution in [-0.4, -0.2) is 19.1 Å². The lowest BCUT2D eigenvalue weighted by atomic mass is 9.93. The summed E-state index contributed by atoms with van der Waals surface area (Å²) in [6.07, 6.45) is 4.39. The first kappa shape index (κ1) is 21.4. The van der Waals surface area contributed by atoms with Gasteiger partial charge in [0.25, 0.3) is 0 Å². The van der Waals surface area contributed by atoms with Crippen LogP contribution in [0.2, 0.25) is 0 Å². The van der Waals surface area contributed by atoms with Crippen molar-refractivity contribution < 1.29 is 0 Å². The lowest BCUT2D eigenvalue weighted by Crippen LogP contribution is -2.11. The van der Waals surface area contributed by atoms with Crippen LogP contribution in [-0.2, 0) is 10.8 Å². The molecule has 2 rings (SSSR count). The molecule has 0 radical (unpaired) electrons. The predicted octanol–water partition coefficient (Wildman–Crippen LogP) is 6.64. The standard InChI is InChI=1S/C20H34N4S2/c1-13(2)23-11-15(19(5,6)7)21-17(23)25-26-18-22-16(20(8,9)10)12-24(18)14(3)4/h11-14H,1-10H3. The van der Waals surface area contributed by atoms with E-state index in [2.05, 4.69) is 90.8 Å². The summed E-state index contributed by atoms with van der Waals surface area (Å²) in [5, 5.41) is 2.09. The summed E-state index contributed by atoms with van der Waals surface area (Å²) in [7, 11) is 3.41. The van der Waals surface area contributed by atoms with Crippen LogP contribution in [0.1, 0.15) is 92.7 Å². The molecule has 0 saturated carbocycles. The van der Waals surface area contributed by atoms with Gasteiger partial charge in [-0.1, -0.05) is 41.5 Å². The van der Waals surface area contributed by atoms with Crippen LogP contribution in [0.4, 0.5) is 0 Å². The maximum atomic E-state index is 4.92. The van der Waals surface area contributed by atoms with E-state index in [0.29, 0.717) is 12.1 Å². The first-order chi connectivity index (χ1) is 11.8. The van der Waals surface area contributed by atoms with Crippen molar-refractivity contribution in [2.45, 2.75) is 102 Å². The second-order valence-electron chi connectivity index (χ2n) is 9.49. The average Bonchev–Trinajstić information content (AvgIpc) is 3.08. The highest BCUT2D eigenvalue weighted by Gasteiger charge is 2.24. The molecule has 0 saturated heterocycles. The fourth-order valence-corrected chi connectivity index (χ4v) is 4.72. The second-order valence-corrected chi connectivity index (χ2v) is 11.5. The van der Waals surface area contributed by atoms with Gasteiger partial charge in [0.05, 0.1) is 11.4 Å². The molecule has 0 N–H and O–H groups in total. The highest BCUT2D eigenvalue weighted by Crippen LogP contribution is 2.40. The molecule has 0 unspecified atom stereocenters. The van der Waals surface area contributed by atoms with Crippen LogP contribution < -0.4 is 0 Å². The molecule has 0 amide bonds. The number of nitrogens with zero attached hydrogens (tertiary/aromatic N) is 4. The van der Waals surface area contributed by atoms with Gasteiger partial charge < -0.3 is 9.13 Å². The molecule has 0 aliphatic carbocycles. The Kier molecular flexibility index (Phi) is 6.28. The van der Waals surface area contributed by atoms with E-state index in [1.165, 1.54) is 0 Å². The number of rotatable bonds is 5. The summed E-state index contributed by atoms with van der Waals surface area (Å²) >= 11 is 0. The third kappa shape index (κ3) is 4.89. The molecule has 2 heterocycles. The van der Waals surface area contributed by atoms with Crippen molar-refractivity contribution in [2.24, 2.45) is 0 Å². The van der Waals surface area contributed by atoms with Gasteiger partial charge in [0.1, 0.15) is 0 Å². The monoisotopic (exact) mass is 394 g/mol. The van der Waals surface area contributed by atoms with Gasteiger partial charge in [-0.25, -0.2) is 9.97 Å². The summed E-state index contributed by atoms with van der Waals surface area (Å²) in [4.78, 5) is 9.83. The molecule has 0 aromatic carbocycles. The highest BCUT2D eigenvalue weighted by atomic mass is 33.1. The van der Waals surface area contributed by atoms with E-state index in [9.17, 15) is 0 Å². The molecule has 0 aliphatic rings. The van der Waals surface area contributed by atoms with Gasteiger partial charge in [-0.2, -0.15) is 0 Å². The quantitative estimate of drug-likeness (QED) is 0.533. The largest absolute Gasteiger partial charge is 0.323 e. The van der Waals surface area contributed by atoms with E-state index >= 15 is 0 Å². The molecular weight excluding hydrogens is 360 g/mol. The third-order valence-electron chi connectivity index (χ3n) is 4.24. The molecule has 0 aliphatic heterocycles. The molecule has 2 aromatic rings. The Labute approximate surface area is 167 Å². The van der Waals surface area contributed by atoms with Crippen LogP contribution in [0.25, 0.3) is 0 Å². The number of hydrogen-bond donors (Lipinski definition) is 0. The molecular formula is C20H34N4S2. The molecule has 0 spiro atoms. The van der Waals surface area contributed by atoms with Gasteiger partial charge in [-0.15, -0.1) is 0 Å². The van der Waals surface area contributed by atoms with Crippen LogP contribution in [0.3, 0.4) is 0 Å². The topological polar surface area (TPSA) is 35.6 Å². The minimum absolute atomic E-state index is 0.0515. The van der Waals surface area contributed by atoms with Gasteiger partial charge in [0, 0.05) is 35.3 Å². The Hall–Kier alpha value is -0.880. The smallest absolute Gasteiger partial charge is 0.179 e. The third-order valence-corrected chi connectivity index (χ3v) is 6.37. The van der Waals surface area contributed by atoms with Crippen LogP contribution in [0, 0.1) is 0 Å². The minimum atomic E-state index is 0.0515. The predicted molar refractivity (Wildman–Crippen MR) is 114 cm³/mol. The Morgan fingerprint density at radius 3 is 1.23 bits per heavy atom. The second kappa shape index (κ2) is 7.63. The van der Waals surface area contributed by atoms with Crippen molar-refractivity contribution >= 4 is 21.6 Å². The van der Waals surface area contributed by atoms with E-state index < -0.39 is 0 Å². The summed E-state index contributed by atoms with van der Waals surface area (Å²) in [5.74, 6) is 0. The molecule has 2 aromatic heterocycles. The molecule has 0 fully saturated rings. The number of hydrogen-bond acceptors (Lipinski definition) is 4. The maximum Gasteiger partial charge on any atom is 0.179 e. The van der Waals surface area contributed by atoms with Gasteiger partial charge in [0.15, 0.2) is 10.3 Å². The number of aromatic nitrogens is 4. The zero-order valence-electron chi connectivity index (χ0n) is 17.9. The van der Waals surface area contributed by atoms with Crippen LogP contribution in [0.15, 0.2) is 22.7 Å². The average molecular weight is 395 g/mol. The van der Waals surface area contributed by atoms with Crippen molar-refractivity contribution in [3.05, 3.63) is 23.8 Å². The van der Waals surface area contributed by atoms with Gasteiger partial charge in [-0.3, -0.25) is 0 Å². The van der Waals surface area contributed by atoms with Crippen LogP contribution >= 0.6 is 21.6 Å². The van der Waals surface area contributed by atoms with Crippen molar-refractivity contribution in [3.63, 3.8) is 0 Å². The molecule has 0 bridgehead atoms. The van der Waals surface area contributed by atoms with E-state index in [1.807, 2.05) is 0 Å². The van der Waals surface area contributed by atoms with Crippen molar-refractivity contribution in [2.75, 3.05) is 0 Å². The summed E-state index contributed by atoms with van der Waals surface area (Å²) < 4.78 is 4.54. The lowest BCUT2D eigenvalue weighted by Gasteiger charge is -2.14. The molecule has 26 heavy (non-hydrogen) atoms. The van der Waals surface area contributed by atoms with E-state index in [1.54, 1.807) is 21.6 Å². The molecule has 6 heteroatoms. The van der Waals surface area contributed by atoms with Gasteiger partial charge >= 0.3 is 0 Å². The summed E-state index contributed by atoms with van der Waals surface area (Å²) in [5.41, 5.74) is 2.38. The molecule has 146 valence electrons. The fourth-order valence-electron chi connectivity index (χ4n) is 2.41. The Bertz CT molecular complexity index is 679. The highest BCUT2D eigenvalue weighted by molar-refractivity contribution is 8.76. The molecule has 0 atom stereocenters. The normalized spacial score (nSPS) is 13.2. The first-order valence-electron chi connectivity index (χ1n) is 9.34. The van der Waals surface area contributed by atoms with Gasteiger partial charge in [-0.05, 0) is 49.3 Å². The van der Waals surface area contributed by atoms with Crippen molar-refractivity contribution in [1.29, 1.82) is 0 Å². The first-order valence-corrected chi connectivity index (χ1v) is 11.5. The van der Waals surface area contributed by atoms with Crippen molar-refractivity contribution in [3.8, 4) is 0 Å². The minimum Gasteiger partial charge on any atom is -0.323 e. The van der Waals surface area contributed by atoms with E-state index in [-0.39, 0.29) is 10.8 Å². The Morgan fingerprint density at radius 1 is 0.692 bits per heavy atom. The SMILES string of the molecule is CC(C)n1cc(C(C)(C)C)nc1SSc1nc(C(C)(C)C)cn1C(C)C. The van der Waals surface area contributed by atoms with Crippen LogP contribution in [0.5, 0.6) is 0 Å². The fraction of sp³-hybridized carbons (Fsp3) is 0.700. The number of imidazole rings is 2. The molecule has 4 nitrogen and oxygen atoms in total. The van der Waals surface area contributed by atoms with E-state index in [0.717, 1.165) is 21.7 Å². The summed E-state index contributed by atoms with van der Waals surface area (Å²) in [6, 6.07) is 0.772. The van der Waals surface area contributed by atoms with Crippen molar-refractivity contribution in [1.82, 2.24) is 19.1 Å². The Morgan fingerprint density at radius 2 is 1.00 bits per heavy atom. The Balaban J connectivity index is 2.31. The lowest BCUT2D eigenvalue weighted by molar-refractivity contribution is 0.547. The zero-order chi connectivity index (χ0) is 19.9. The summed E-state index contributed by atoms with van der Waals surface area (Å²) in [6.45, 7) is 22.1.